The zero-order chi connectivity index (χ0) is 31.8. The van der Waals surface area contributed by atoms with Crippen molar-refractivity contribution in [2.75, 3.05) is 26.2 Å². The fraction of sp³-hybridized carbons (Fsp3) is 0.441. The zero-order valence-corrected chi connectivity index (χ0v) is 25.6. The third-order valence-corrected chi connectivity index (χ3v) is 9.60. The van der Waals surface area contributed by atoms with E-state index in [-0.39, 0.29) is 44.1 Å². The lowest BCUT2D eigenvalue weighted by Crippen LogP contribution is -2.56. The van der Waals surface area contributed by atoms with E-state index in [1.165, 1.54) is 0 Å². The van der Waals surface area contributed by atoms with Crippen LogP contribution in [0, 0.1) is 11.8 Å². The Bertz CT molecular complexity index is 1610. The first-order valence-corrected chi connectivity index (χ1v) is 15.5. The van der Waals surface area contributed by atoms with Gasteiger partial charge in [-0.3, -0.25) is 14.4 Å². The van der Waals surface area contributed by atoms with Crippen molar-refractivity contribution in [3.05, 3.63) is 85.5 Å². The highest BCUT2D eigenvalue weighted by Crippen LogP contribution is 2.63. The van der Waals surface area contributed by atoms with Gasteiger partial charge in [0.1, 0.15) is 23.8 Å². The Morgan fingerprint density at radius 3 is 2.49 bits per heavy atom. The second kappa shape index (κ2) is 12.2. The summed E-state index contributed by atoms with van der Waals surface area (Å²) >= 11 is 0. The first-order chi connectivity index (χ1) is 21.8. The zero-order valence-electron chi connectivity index (χ0n) is 25.6. The molecule has 3 aliphatic heterocycles. The van der Waals surface area contributed by atoms with Gasteiger partial charge in [-0.2, -0.15) is 0 Å². The van der Waals surface area contributed by atoms with E-state index >= 15 is 0 Å². The minimum atomic E-state index is -1.19. The first kappa shape index (κ1) is 30.7. The molecule has 2 unspecified atom stereocenters. The summed E-state index contributed by atoms with van der Waals surface area (Å²) in [4.78, 5) is 48.4. The van der Waals surface area contributed by atoms with E-state index in [4.69, 9.17) is 4.74 Å². The van der Waals surface area contributed by atoms with Crippen LogP contribution in [0.15, 0.2) is 79.9 Å². The quantitative estimate of drug-likeness (QED) is 0.295. The van der Waals surface area contributed by atoms with Crippen molar-refractivity contribution in [3.8, 4) is 0 Å². The number of fused-ring (bicyclic) bond motifs is 2. The smallest absolute Gasteiger partial charge is 0.250 e. The van der Waals surface area contributed by atoms with Crippen molar-refractivity contribution >= 4 is 28.8 Å². The summed E-state index contributed by atoms with van der Waals surface area (Å²) in [6.45, 7) is 10.6. The predicted octanol–water partition coefficient (Wildman–Crippen LogP) is 2.77. The number of carbonyl (C=O) groups is 3. The molecule has 0 aliphatic carbocycles. The van der Waals surface area contributed by atoms with Gasteiger partial charge in [-0.1, -0.05) is 59.8 Å². The number of carbonyl (C=O) groups excluding carboxylic acids is 3. The van der Waals surface area contributed by atoms with E-state index in [1.807, 2.05) is 61.5 Å². The van der Waals surface area contributed by atoms with Gasteiger partial charge in [0.25, 0.3) is 0 Å². The summed E-state index contributed by atoms with van der Waals surface area (Å²) in [5.74, 6) is -2.39. The molecule has 11 heteroatoms. The minimum Gasteiger partial charge on any atom is -0.396 e. The second-order valence-corrected chi connectivity index (χ2v) is 12.4. The lowest BCUT2D eigenvalue weighted by molar-refractivity contribution is -0.154. The van der Waals surface area contributed by atoms with Crippen LogP contribution in [0.1, 0.15) is 31.7 Å². The number of hydrogen-bond acceptors (Lipinski definition) is 7. The maximum Gasteiger partial charge on any atom is 0.250 e. The minimum absolute atomic E-state index is 0.0917. The molecule has 1 spiro atoms. The fourth-order valence-corrected chi connectivity index (χ4v) is 7.68. The highest BCUT2D eigenvalue weighted by Gasteiger charge is 2.78. The van der Waals surface area contributed by atoms with Crippen LogP contribution in [0.5, 0.6) is 0 Å². The molecule has 1 N–H and O–H groups in total. The van der Waals surface area contributed by atoms with Crippen molar-refractivity contribution in [1.82, 2.24) is 29.7 Å². The molecule has 2 bridgehead atoms. The van der Waals surface area contributed by atoms with Crippen LogP contribution in [0.4, 0.5) is 0 Å². The van der Waals surface area contributed by atoms with Gasteiger partial charge in [-0.25, -0.2) is 4.68 Å². The molecule has 3 fully saturated rings. The highest BCUT2D eigenvalue weighted by molar-refractivity contribution is 5.99. The normalized spacial score (nSPS) is 26.7. The Kier molecular flexibility index (Phi) is 8.32. The number of aliphatic hydroxyl groups is 1. The van der Waals surface area contributed by atoms with Gasteiger partial charge in [0.15, 0.2) is 0 Å². The maximum absolute atomic E-state index is 14.7. The maximum atomic E-state index is 14.7. The number of aromatic nitrogens is 3. The van der Waals surface area contributed by atoms with Crippen molar-refractivity contribution in [1.29, 1.82) is 0 Å². The number of ether oxygens (including phenoxy) is 1. The molecular formula is C34H40N6O5. The monoisotopic (exact) mass is 612 g/mol. The van der Waals surface area contributed by atoms with Crippen molar-refractivity contribution in [3.63, 3.8) is 0 Å². The Hall–Kier alpha value is -4.35. The molecule has 1 aromatic heterocycles. The number of hydrogen-bond donors (Lipinski definition) is 1. The number of amides is 3. The van der Waals surface area contributed by atoms with E-state index in [9.17, 15) is 19.5 Å². The van der Waals surface area contributed by atoms with Crippen LogP contribution in [0.2, 0.25) is 0 Å². The molecule has 6 rings (SSSR count). The number of para-hydroxylation sites is 1. The Morgan fingerprint density at radius 2 is 1.76 bits per heavy atom. The number of nitrogens with zero attached hydrogens (tertiary/aromatic N) is 6. The highest BCUT2D eigenvalue weighted by atomic mass is 16.5. The van der Waals surface area contributed by atoms with Gasteiger partial charge in [0.2, 0.25) is 17.7 Å². The van der Waals surface area contributed by atoms with Gasteiger partial charge < -0.3 is 24.5 Å². The number of likely N-dealkylation sites (tertiary alicyclic amines) is 1. The van der Waals surface area contributed by atoms with Crippen LogP contribution in [0.25, 0.3) is 11.0 Å². The van der Waals surface area contributed by atoms with Crippen LogP contribution in [-0.4, -0.2) is 96.0 Å². The molecule has 5 atom stereocenters. The lowest BCUT2D eigenvalue weighted by Gasteiger charge is -2.36. The van der Waals surface area contributed by atoms with E-state index in [2.05, 4.69) is 23.5 Å². The van der Waals surface area contributed by atoms with E-state index in [0.717, 1.165) is 11.1 Å². The summed E-state index contributed by atoms with van der Waals surface area (Å²) in [6.07, 6.45) is 4.61. The van der Waals surface area contributed by atoms with Gasteiger partial charge >= 0.3 is 0 Å². The van der Waals surface area contributed by atoms with Crippen LogP contribution >= 0.6 is 0 Å². The molecular weight excluding hydrogens is 572 g/mol. The topological polar surface area (TPSA) is 121 Å². The predicted molar refractivity (Wildman–Crippen MR) is 167 cm³/mol. The van der Waals surface area contributed by atoms with E-state index in [1.54, 1.807) is 31.5 Å². The lowest BCUT2D eigenvalue weighted by atomic mass is 9.66. The van der Waals surface area contributed by atoms with Crippen molar-refractivity contribution in [2.45, 2.75) is 56.6 Å². The molecule has 3 aromatic rings. The second-order valence-electron chi connectivity index (χ2n) is 12.4. The summed E-state index contributed by atoms with van der Waals surface area (Å²) in [5.41, 5.74) is 0.337. The molecule has 0 saturated carbocycles. The molecule has 0 radical (unpaired) electrons. The third kappa shape index (κ3) is 5.13. The standard InChI is InChI=1S/C34H40N6O5/c1-4-18-37(22-24-12-7-6-8-13-24)30(42)27-28-31(43)39(20-11-21-41)29(34(28)17-16-33(27,3)45-34)32(44)38(19-5-2)23-40-26-15-10-9-14-25(26)35-36-40/h4-10,12-15,27-29,41H,1-2,11,16-23H2,3H3/t27-,28-,29?,33+,34?/m0/s1. The molecule has 236 valence electrons. The number of rotatable bonds is 13. The summed E-state index contributed by atoms with van der Waals surface area (Å²) in [5, 5.41) is 18.2. The van der Waals surface area contributed by atoms with Gasteiger partial charge in [0, 0.05) is 32.8 Å². The average molecular weight is 613 g/mol. The van der Waals surface area contributed by atoms with Gasteiger partial charge in [0.05, 0.1) is 23.0 Å². The van der Waals surface area contributed by atoms with E-state index < -0.39 is 29.1 Å². The molecule has 2 aromatic carbocycles. The van der Waals surface area contributed by atoms with Crippen molar-refractivity contribution in [2.24, 2.45) is 11.8 Å². The van der Waals surface area contributed by atoms with Crippen LogP contribution in [-0.2, 0) is 32.3 Å². The third-order valence-electron chi connectivity index (χ3n) is 9.60. The molecule has 4 heterocycles. The Labute approximate surface area is 262 Å². The van der Waals surface area contributed by atoms with Crippen LogP contribution < -0.4 is 0 Å². The molecule has 3 saturated heterocycles. The molecule has 45 heavy (non-hydrogen) atoms. The summed E-state index contributed by atoms with van der Waals surface area (Å²) in [7, 11) is 0. The van der Waals surface area contributed by atoms with Crippen LogP contribution in [0.3, 0.4) is 0 Å². The molecule has 3 aliphatic rings. The average Bonchev–Trinajstić information content (AvgIpc) is 3.75. The van der Waals surface area contributed by atoms with Crippen molar-refractivity contribution < 1.29 is 24.2 Å². The largest absolute Gasteiger partial charge is 0.396 e. The molecule has 3 amide bonds. The summed E-state index contributed by atoms with van der Waals surface area (Å²) < 4.78 is 8.48. The first-order valence-electron chi connectivity index (χ1n) is 15.5. The Balaban J connectivity index is 1.36. The summed E-state index contributed by atoms with van der Waals surface area (Å²) in [6, 6.07) is 16.2. The van der Waals surface area contributed by atoms with Gasteiger partial charge in [-0.15, -0.1) is 18.3 Å². The SMILES string of the molecule is C=CCN(Cn1nnc2ccccc21)C(=O)C1N(CCCO)C(=O)[C@@H]2[C@@H](C(=O)N(CC=C)Cc3ccccc3)[C@@]3(C)CCC12O3. The Morgan fingerprint density at radius 1 is 1.04 bits per heavy atom. The van der Waals surface area contributed by atoms with E-state index in [0.29, 0.717) is 37.9 Å². The number of aliphatic hydroxyl groups excluding tert-OH is 1. The molecule has 11 nitrogen and oxygen atoms in total. The number of benzene rings is 2. The van der Waals surface area contributed by atoms with Gasteiger partial charge in [-0.05, 0) is 43.9 Å². The fourth-order valence-electron chi connectivity index (χ4n) is 7.68.